The van der Waals surface area contributed by atoms with Crippen LogP contribution >= 0.6 is 7.82 Å². The smallest absolute Gasteiger partial charge is 0.457 e. The molecule has 0 spiro atoms. The van der Waals surface area contributed by atoms with Gasteiger partial charge >= 0.3 is 13.8 Å². The number of phosphoric acid groups is 1. The quantitative estimate of drug-likeness (QED) is 0.0242. The predicted octanol–water partition coefficient (Wildman–Crippen LogP) is 11.3. The van der Waals surface area contributed by atoms with E-state index in [2.05, 4.69) is 50.3 Å². The maximum absolute atomic E-state index is 12.5. The molecule has 0 bridgehead atoms. The van der Waals surface area contributed by atoms with Crippen molar-refractivity contribution in [3.05, 3.63) is 36.5 Å². The molecule has 0 aliphatic rings. The van der Waals surface area contributed by atoms with Gasteiger partial charge in [0.05, 0.1) is 26.4 Å². The van der Waals surface area contributed by atoms with Gasteiger partial charge in [0.1, 0.15) is 12.2 Å². The van der Waals surface area contributed by atoms with E-state index in [4.69, 9.17) is 23.6 Å². The standard InChI is InChI=1S/C42H79O9P/c1-3-5-7-9-11-13-14-15-16-17-18-19-20-21-22-23-24-25-27-29-31-33-35-48-38-41(39-50-52(46,47)49-37-40(44)36-43)51-42(45)34-32-30-28-26-12-10-8-6-4-2/h14-15,17-18,20-21,40-41,43-44H,3-13,16,19,22-39H2,1-2H3,(H,46,47)/b15-14-,18-17-,21-20-. The molecule has 0 radical (unpaired) electrons. The minimum atomic E-state index is -4.51. The molecule has 0 saturated heterocycles. The van der Waals surface area contributed by atoms with E-state index in [1.165, 1.54) is 103 Å². The summed E-state index contributed by atoms with van der Waals surface area (Å²) in [6.07, 6.45) is 41.1. The summed E-state index contributed by atoms with van der Waals surface area (Å²) < 4.78 is 33.2. The Morgan fingerprint density at radius 1 is 0.596 bits per heavy atom. The summed E-state index contributed by atoms with van der Waals surface area (Å²) in [5.41, 5.74) is 0. The van der Waals surface area contributed by atoms with Crippen LogP contribution in [0.2, 0.25) is 0 Å². The first-order chi connectivity index (χ1) is 25.3. The second kappa shape index (κ2) is 39.4. The number of phosphoric ester groups is 1. The van der Waals surface area contributed by atoms with Crippen molar-refractivity contribution < 1.29 is 43.0 Å². The van der Waals surface area contributed by atoms with Gasteiger partial charge in [-0.15, -0.1) is 0 Å². The monoisotopic (exact) mass is 759 g/mol. The second-order valence-electron chi connectivity index (χ2n) is 14.0. The lowest BCUT2D eigenvalue weighted by Crippen LogP contribution is -2.29. The molecule has 9 nitrogen and oxygen atoms in total. The average Bonchev–Trinajstić information content (AvgIpc) is 3.13. The molecule has 0 rings (SSSR count). The van der Waals surface area contributed by atoms with E-state index in [0.717, 1.165) is 57.8 Å². The largest absolute Gasteiger partial charge is 0.472 e. The van der Waals surface area contributed by atoms with Crippen molar-refractivity contribution in [1.29, 1.82) is 0 Å². The van der Waals surface area contributed by atoms with Crippen LogP contribution in [0.25, 0.3) is 0 Å². The fraction of sp³-hybridized carbons (Fsp3) is 0.833. The van der Waals surface area contributed by atoms with Crippen LogP contribution in [0.4, 0.5) is 0 Å². The van der Waals surface area contributed by atoms with Crippen LogP contribution in [-0.2, 0) is 27.9 Å². The number of aliphatic hydroxyl groups is 2. The molecule has 3 unspecified atom stereocenters. The van der Waals surface area contributed by atoms with Gasteiger partial charge in [-0.2, -0.15) is 0 Å². The number of esters is 1. The van der Waals surface area contributed by atoms with E-state index in [1.807, 2.05) is 0 Å². The highest BCUT2D eigenvalue weighted by atomic mass is 31.2. The van der Waals surface area contributed by atoms with Crippen molar-refractivity contribution in [2.24, 2.45) is 0 Å². The zero-order valence-electron chi connectivity index (χ0n) is 33.3. The third-order valence-corrected chi connectivity index (χ3v) is 9.78. The Labute approximate surface area is 318 Å². The van der Waals surface area contributed by atoms with Crippen LogP contribution in [-0.4, -0.2) is 66.3 Å². The summed E-state index contributed by atoms with van der Waals surface area (Å²) in [4.78, 5) is 22.4. The molecule has 0 aliphatic carbocycles. The lowest BCUT2D eigenvalue weighted by molar-refractivity contribution is -0.154. The SMILES string of the molecule is CCCCCCC/C=C\C/C=C\C/C=C\CCCCCCCCCOCC(COP(=O)(O)OCC(O)CO)OC(=O)CCCCCCCCCCC. The highest BCUT2D eigenvalue weighted by molar-refractivity contribution is 7.47. The summed E-state index contributed by atoms with van der Waals surface area (Å²) in [6, 6.07) is 0. The maximum atomic E-state index is 12.5. The number of hydrogen-bond donors (Lipinski definition) is 3. The van der Waals surface area contributed by atoms with Crippen LogP contribution in [0.5, 0.6) is 0 Å². The highest BCUT2D eigenvalue weighted by Crippen LogP contribution is 2.43. The number of carbonyl (C=O) groups excluding carboxylic acids is 1. The Kier molecular flexibility index (Phi) is 38.4. The zero-order chi connectivity index (χ0) is 38.2. The number of allylic oxidation sites excluding steroid dienone is 6. The molecule has 0 amide bonds. The van der Waals surface area contributed by atoms with Crippen LogP contribution in [0.15, 0.2) is 36.5 Å². The molecule has 52 heavy (non-hydrogen) atoms. The van der Waals surface area contributed by atoms with Crippen LogP contribution in [0.3, 0.4) is 0 Å². The Morgan fingerprint density at radius 2 is 1.04 bits per heavy atom. The van der Waals surface area contributed by atoms with Gasteiger partial charge in [-0.25, -0.2) is 4.57 Å². The molecule has 306 valence electrons. The molecule has 0 heterocycles. The van der Waals surface area contributed by atoms with Crippen LogP contribution in [0.1, 0.15) is 181 Å². The molecule has 0 saturated carbocycles. The van der Waals surface area contributed by atoms with Gasteiger partial charge in [-0.1, -0.05) is 159 Å². The lowest BCUT2D eigenvalue weighted by Gasteiger charge is -2.20. The second-order valence-corrected chi connectivity index (χ2v) is 15.5. The van der Waals surface area contributed by atoms with Gasteiger partial charge in [0.2, 0.25) is 0 Å². The summed E-state index contributed by atoms with van der Waals surface area (Å²) in [5.74, 6) is -0.390. The fourth-order valence-electron chi connectivity index (χ4n) is 5.60. The van der Waals surface area contributed by atoms with E-state index < -0.39 is 33.2 Å². The van der Waals surface area contributed by atoms with Crippen LogP contribution < -0.4 is 0 Å². The normalized spacial score (nSPS) is 14.5. The van der Waals surface area contributed by atoms with Crippen molar-refractivity contribution in [3.63, 3.8) is 0 Å². The Balaban J connectivity index is 4.10. The van der Waals surface area contributed by atoms with Crippen molar-refractivity contribution in [3.8, 4) is 0 Å². The van der Waals surface area contributed by atoms with E-state index in [1.54, 1.807) is 0 Å². The minimum Gasteiger partial charge on any atom is -0.457 e. The summed E-state index contributed by atoms with van der Waals surface area (Å²) in [6.45, 7) is 3.46. The third-order valence-electron chi connectivity index (χ3n) is 8.83. The Morgan fingerprint density at radius 3 is 1.56 bits per heavy atom. The third kappa shape index (κ3) is 38.4. The first kappa shape index (κ1) is 50.7. The van der Waals surface area contributed by atoms with Crippen molar-refractivity contribution >= 4 is 13.8 Å². The van der Waals surface area contributed by atoms with Gasteiger partial charge in [-0.3, -0.25) is 13.8 Å². The number of hydrogen-bond acceptors (Lipinski definition) is 8. The Bertz CT molecular complexity index is 908. The molecule has 3 N–H and O–H groups in total. The number of aliphatic hydroxyl groups excluding tert-OH is 2. The summed E-state index contributed by atoms with van der Waals surface area (Å²) in [7, 11) is -4.51. The van der Waals surface area contributed by atoms with E-state index in [-0.39, 0.29) is 25.6 Å². The highest BCUT2D eigenvalue weighted by Gasteiger charge is 2.26. The molecule has 3 atom stereocenters. The molecule has 10 heteroatoms. The van der Waals surface area contributed by atoms with Gasteiger partial charge in [0.25, 0.3) is 0 Å². The first-order valence-electron chi connectivity index (χ1n) is 21.0. The maximum Gasteiger partial charge on any atom is 0.472 e. The van der Waals surface area contributed by atoms with Crippen molar-refractivity contribution in [2.75, 3.05) is 33.0 Å². The minimum absolute atomic E-state index is 0.0440. The fourth-order valence-corrected chi connectivity index (χ4v) is 6.39. The topological polar surface area (TPSA) is 132 Å². The van der Waals surface area contributed by atoms with Crippen LogP contribution in [0, 0.1) is 0 Å². The van der Waals surface area contributed by atoms with Gasteiger partial charge in [-0.05, 0) is 51.4 Å². The average molecular weight is 759 g/mol. The predicted molar refractivity (Wildman–Crippen MR) is 214 cm³/mol. The number of carbonyl (C=O) groups is 1. The van der Waals surface area contributed by atoms with E-state index >= 15 is 0 Å². The van der Waals surface area contributed by atoms with Crippen molar-refractivity contribution in [1.82, 2.24) is 0 Å². The number of ether oxygens (including phenoxy) is 2. The molecule has 0 aromatic carbocycles. The van der Waals surface area contributed by atoms with Crippen molar-refractivity contribution in [2.45, 2.75) is 193 Å². The number of rotatable bonds is 40. The molecule has 0 aromatic rings. The molecule has 0 aliphatic heterocycles. The summed E-state index contributed by atoms with van der Waals surface area (Å²) >= 11 is 0. The van der Waals surface area contributed by atoms with Gasteiger partial charge < -0.3 is 24.6 Å². The molecule has 0 fully saturated rings. The Hall–Kier alpha value is -1.32. The molecular weight excluding hydrogens is 679 g/mol. The number of unbranched alkanes of at least 4 members (excludes halogenated alkanes) is 20. The summed E-state index contributed by atoms with van der Waals surface area (Å²) in [5, 5.41) is 18.3. The van der Waals surface area contributed by atoms with Gasteiger partial charge in [0.15, 0.2) is 0 Å². The van der Waals surface area contributed by atoms with Gasteiger partial charge in [0, 0.05) is 13.0 Å². The zero-order valence-corrected chi connectivity index (χ0v) is 34.2. The molecular formula is C42H79O9P. The van der Waals surface area contributed by atoms with E-state index in [9.17, 15) is 19.4 Å². The molecule has 0 aromatic heterocycles. The first-order valence-corrected chi connectivity index (χ1v) is 22.5. The van der Waals surface area contributed by atoms with E-state index in [0.29, 0.717) is 6.61 Å². The lowest BCUT2D eigenvalue weighted by atomic mass is 10.1.